The van der Waals surface area contributed by atoms with Crippen LogP contribution in [0.3, 0.4) is 0 Å². The van der Waals surface area contributed by atoms with E-state index in [4.69, 9.17) is 4.74 Å². The highest BCUT2D eigenvalue weighted by molar-refractivity contribution is 7.89. The molecular formula is C20H23FN2O4S. The number of nitrogens with zero attached hydrogens (tertiary/aromatic N) is 1. The van der Waals surface area contributed by atoms with Crippen molar-refractivity contribution in [2.75, 3.05) is 25.0 Å². The molecule has 0 saturated carbocycles. The van der Waals surface area contributed by atoms with E-state index in [9.17, 15) is 17.6 Å². The van der Waals surface area contributed by atoms with Crippen molar-refractivity contribution in [2.45, 2.75) is 31.1 Å². The lowest BCUT2D eigenvalue weighted by molar-refractivity contribution is 0.102. The summed E-state index contributed by atoms with van der Waals surface area (Å²) in [7, 11) is -3.76. The molecule has 1 fully saturated rings. The van der Waals surface area contributed by atoms with Crippen molar-refractivity contribution in [3.05, 3.63) is 53.8 Å². The number of rotatable bonds is 6. The zero-order chi connectivity index (χ0) is 20.1. The summed E-state index contributed by atoms with van der Waals surface area (Å²) in [6.45, 7) is 3.09. The average Bonchev–Trinajstić information content (AvgIpc) is 2.70. The maximum atomic E-state index is 14.3. The highest BCUT2D eigenvalue weighted by Crippen LogP contribution is 2.26. The number of benzene rings is 2. The van der Waals surface area contributed by atoms with Crippen molar-refractivity contribution in [3.8, 4) is 5.75 Å². The third-order valence-electron chi connectivity index (χ3n) is 4.57. The van der Waals surface area contributed by atoms with Gasteiger partial charge in [0.25, 0.3) is 5.91 Å². The van der Waals surface area contributed by atoms with Crippen LogP contribution in [0.25, 0.3) is 0 Å². The smallest absolute Gasteiger partial charge is 0.258 e. The monoisotopic (exact) mass is 406 g/mol. The van der Waals surface area contributed by atoms with Crippen LogP contribution in [0.2, 0.25) is 0 Å². The van der Waals surface area contributed by atoms with Gasteiger partial charge >= 0.3 is 0 Å². The summed E-state index contributed by atoms with van der Waals surface area (Å²) in [5, 5.41) is 2.60. The van der Waals surface area contributed by atoms with Gasteiger partial charge in [0.2, 0.25) is 10.0 Å². The zero-order valence-corrected chi connectivity index (χ0v) is 16.5. The van der Waals surface area contributed by atoms with Gasteiger partial charge in [0.05, 0.1) is 22.8 Å². The van der Waals surface area contributed by atoms with E-state index in [1.165, 1.54) is 10.4 Å². The molecule has 0 atom stereocenters. The largest absolute Gasteiger partial charge is 0.492 e. The van der Waals surface area contributed by atoms with Crippen LogP contribution >= 0.6 is 0 Å². The van der Waals surface area contributed by atoms with E-state index in [1.807, 2.05) is 6.92 Å². The lowest BCUT2D eigenvalue weighted by Crippen LogP contribution is -2.35. The molecule has 1 aliphatic rings. The van der Waals surface area contributed by atoms with Crippen LogP contribution in [0.15, 0.2) is 47.4 Å². The van der Waals surface area contributed by atoms with Crippen molar-refractivity contribution in [1.82, 2.24) is 4.31 Å². The van der Waals surface area contributed by atoms with E-state index in [1.54, 1.807) is 24.3 Å². The van der Waals surface area contributed by atoms with Gasteiger partial charge in [0, 0.05) is 13.1 Å². The molecule has 3 rings (SSSR count). The predicted molar refractivity (Wildman–Crippen MR) is 105 cm³/mol. The SMILES string of the molecule is CCOc1ccccc1NC(=O)c1cc(S(=O)(=O)N2CCCCC2)ccc1F. The van der Waals surface area contributed by atoms with Crippen LogP contribution < -0.4 is 10.1 Å². The molecule has 150 valence electrons. The Bertz CT molecular complexity index is 956. The summed E-state index contributed by atoms with van der Waals surface area (Å²) in [4.78, 5) is 12.5. The van der Waals surface area contributed by atoms with Crippen LogP contribution in [0.4, 0.5) is 10.1 Å². The number of halogens is 1. The van der Waals surface area contributed by atoms with E-state index < -0.39 is 21.7 Å². The Morgan fingerprint density at radius 2 is 1.86 bits per heavy atom. The molecule has 1 N–H and O–H groups in total. The highest BCUT2D eigenvalue weighted by atomic mass is 32.2. The third-order valence-corrected chi connectivity index (χ3v) is 6.46. The van der Waals surface area contributed by atoms with Crippen LogP contribution in [-0.2, 0) is 10.0 Å². The van der Waals surface area contributed by atoms with Crippen LogP contribution in [0.5, 0.6) is 5.75 Å². The minimum absolute atomic E-state index is 0.0842. The normalized spacial score (nSPS) is 15.2. The van der Waals surface area contributed by atoms with E-state index >= 15 is 0 Å². The molecule has 8 heteroatoms. The molecule has 2 aromatic carbocycles. The molecule has 28 heavy (non-hydrogen) atoms. The molecular weight excluding hydrogens is 383 g/mol. The summed E-state index contributed by atoms with van der Waals surface area (Å²) in [5.41, 5.74) is 0.0578. The van der Waals surface area contributed by atoms with Gasteiger partial charge in [0.1, 0.15) is 11.6 Å². The van der Waals surface area contributed by atoms with Gasteiger partial charge in [-0.05, 0) is 50.1 Å². The molecule has 1 amide bonds. The second-order valence-electron chi connectivity index (χ2n) is 6.49. The number of piperidine rings is 1. The molecule has 0 aromatic heterocycles. The van der Waals surface area contributed by atoms with Crippen LogP contribution in [-0.4, -0.2) is 38.3 Å². The van der Waals surface area contributed by atoms with Crippen molar-refractivity contribution in [3.63, 3.8) is 0 Å². The number of para-hydroxylation sites is 2. The van der Waals surface area contributed by atoms with Gasteiger partial charge in [-0.15, -0.1) is 0 Å². The Morgan fingerprint density at radius 1 is 1.14 bits per heavy atom. The third kappa shape index (κ3) is 4.34. The van der Waals surface area contributed by atoms with E-state index in [-0.39, 0.29) is 10.5 Å². The second-order valence-corrected chi connectivity index (χ2v) is 8.43. The molecule has 1 saturated heterocycles. The summed E-state index contributed by atoms with van der Waals surface area (Å²) in [5.74, 6) is -1.07. The van der Waals surface area contributed by atoms with Crippen molar-refractivity contribution in [1.29, 1.82) is 0 Å². The van der Waals surface area contributed by atoms with E-state index in [0.717, 1.165) is 31.4 Å². The molecule has 0 bridgehead atoms. The van der Waals surface area contributed by atoms with Gasteiger partial charge in [-0.2, -0.15) is 4.31 Å². The zero-order valence-electron chi connectivity index (χ0n) is 15.7. The Kier molecular flexibility index (Phi) is 6.31. The molecule has 0 unspecified atom stereocenters. The van der Waals surface area contributed by atoms with Crippen molar-refractivity contribution in [2.24, 2.45) is 0 Å². The number of sulfonamides is 1. The average molecular weight is 406 g/mol. The predicted octanol–water partition coefficient (Wildman–Crippen LogP) is 3.65. The van der Waals surface area contributed by atoms with Crippen LogP contribution in [0, 0.1) is 5.82 Å². The highest BCUT2D eigenvalue weighted by Gasteiger charge is 2.27. The Hall–Kier alpha value is -2.45. The van der Waals surface area contributed by atoms with E-state index in [0.29, 0.717) is 31.1 Å². The number of hydrogen-bond donors (Lipinski definition) is 1. The Balaban J connectivity index is 1.88. The number of anilines is 1. The van der Waals surface area contributed by atoms with Gasteiger partial charge < -0.3 is 10.1 Å². The minimum atomic E-state index is -3.76. The molecule has 2 aromatic rings. The van der Waals surface area contributed by atoms with Gasteiger partial charge in [-0.3, -0.25) is 4.79 Å². The van der Waals surface area contributed by atoms with Crippen molar-refractivity contribution < 1.29 is 22.3 Å². The van der Waals surface area contributed by atoms with Gasteiger partial charge in [-0.1, -0.05) is 18.6 Å². The van der Waals surface area contributed by atoms with E-state index in [2.05, 4.69) is 5.32 Å². The van der Waals surface area contributed by atoms with Gasteiger partial charge in [0.15, 0.2) is 0 Å². The number of nitrogens with one attached hydrogen (secondary N) is 1. The number of ether oxygens (including phenoxy) is 1. The first kappa shape index (κ1) is 20.3. The molecule has 0 spiro atoms. The summed E-state index contributed by atoms with van der Waals surface area (Å²) >= 11 is 0. The first-order chi connectivity index (χ1) is 13.4. The maximum Gasteiger partial charge on any atom is 0.258 e. The van der Waals surface area contributed by atoms with Crippen molar-refractivity contribution >= 4 is 21.6 Å². The van der Waals surface area contributed by atoms with Gasteiger partial charge in [-0.25, -0.2) is 12.8 Å². The minimum Gasteiger partial charge on any atom is -0.492 e. The summed E-state index contributed by atoms with van der Waals surface area (Å²) < 4.78 is 46.8. The van der Waals surface area contributed by atoms with Crippen LogP contribution in [0.1, 0.15) is 36.5 Å². The fraction of sp³-hybridized carbons (Fsp3) is 0.350. The molecule has 6 nitrogen and oxygen atoms in total. The Labute approximate surface area is 164 Å². The standard InChI is InChI=1S/C20H23FN2O4S/c1-2-27-19-9-5-4-8-18(19)22-20(24)16-14-15(10-11-17(16)21)28(25,26)23-12-6-3-7-13-23/h4-5,8-11,14H,2-3,6-7,12-13H2,1H3,(H,22,24). The molecule has 0 radical (unpaired) electrons. The lowest BCUT2D eigenvalue weighted by atomic mass is 10.2. The second kappa shape index (κ2) is 8.70. The molecule has 1 aliphatic heterocycles. The number of hydrogen-bond acceptors (Lipinski definition) is 4. The quantitative estimate of drug-likeness (QED) is 0.795. The number of amides is 1. The first-order valence-electron chi connectivity index (χ1n) is 9.26. The fourth-order valence-corrected chi connectivity index (χ4v) is 4.68. The topological polar surface area (TPSA) is 75.7 Å². The molecule has 0 aliphatic carbocycles. The summed E-state index contributed by atoms with van der Waals surface area (Å²) in [6.07, 6.45) is 2.58. The summed E-state index contributed by atoms with van der Waals surface area (Å²) in [6, 6.07) is 10.1. The number of carbonyl (C=O) groups is 1. The first-order valence-corrected chi connectivity index (χ1v) is 10.7. The lowest BCUT2D eigenvalue weighted by Gasteiger charge is -2.26. The Morgan fingerprint density at radius 3 is 2.57 bits per heavy atom. The maximum absolute atomic E-state index is 14.3. The number of carbonyl (C=O) groups excluding carboxylic acids is 1. The molecule has 1 heterocycles. The fourth-order valence-electron chi connectivity index (χ4n) is 3.13.